The van der Waals surface area contributed by atoms with Crippen molar-refractivity contribution in [1.82, 2.24) is 5.32 Å². The summed E-state index contributed by atoms with van der Waals surface area (Å²) in [5, 5.41) is 3.75. The van der Waals surface area contributed by atoms with Crippen molar-refractivity contribution in [2.75, 3.05) is 19.8 Å². The molecule has 0 spiro atoms. The van der Waals surface area contributed by atoms with Crippen LogP contribution >= 0.6 is 11.6 Å². The van der Waals surface area contributed by atoms with Gasteiger partial charge in [0.05, 0.1) is 0 Å². The Morgan fingerprint density at radius 3 is 2.34 bits per heavy atom. The van der Waals surface area contributed by atoms with E-state index in [-0.39, 0.29) is 29.9 Å². The fourth-order valence-electron chi connectivity index (χ4n) is 3.78. The van der Waals surface area contributed by atoms with E-state index in [4.69, 9.17) is 16.3 Å². The van der Waals surface area contributed by atoms with Crippen LogP contribution in [0, 0.1) is 13.8 Å². The average Bonchev–Trinajstić information content (AvgIpc) is 2.73. The first kappa shape index (κ1) is 21.5. The van der Waals surface area contributed by atoms with Crippen LogP contribution < -0.4 is 5.32 Å². The number of Topliss-reactive ketones (excluding diaryl/α,β-unsaturated/α-hetero) is 1. The lowest BCUT2D eigenvalue weighted by Gasteiger charge is -2.38. The molecule has 0 unspecified atom stereocenters. The predicted molar refractivity (Wildman–Crippen MR) is 116 cm³/mol. The SMILES string of the molecule is Cc1ccc(C(=O)CCC(=O)NCC2(c3ccc(Cl)cc3)CCOCC2)cc1C. The number of carbonyl (C=O) groups is 2. The van der Waals surface area contributed by atoms with Gasteiger partial charge in [-0.05, 0) is 61.6 Å². The molecule has 0 aliphatic carbocycles. The molecule has 1 aliphatic heterocycles. The highest BCUT2D eigenvalue weighted by Crippen LogP contribution is 2.35. The van der Waals surface area contributed by atoms with Crippen LogP contribution in [0.2, 0.25) is 5.02 Å². The molecule has 1 heterocycles. The van der Waals surface area contributed by atoms with E-state index in [2.05, 4.69) is 5.32 Å². The molecule has 1 aliphatic rings. The molecule has 1 amide bonds. The highest BCUT2D eigenvalue weighted by atomic mass is 35.5. The number of halogens is 1. The van der Waals surface area contributed by atoms with Gasteiger partial charge >= 0.3 is 0 Å². The number of carbonyl (C=O) groups excluding carboxylic acids is 2. The van der Waals surface area contributed by atoms with Gasteiger partial charge in [0.2, 0.25) is 5.91 Å². The Morgan fingerprint density at radius 2 is 1.69 bits per heavy atom. The first-order chi connectivity index (χ1) is 13.9. The molecule has 1 saturated heterocycles. The molecular weight excluding hydrogens is 386 g/mol. The Hall–Kier alpha value is -2.17. The third-order valence-corrected chi connectivity index (χ3v) is 6.19. The molecule has 1 N–H and O–H groups in total. The molecule has 29 heavy (non-hydrogen) atoms. The lowest BCUT2D eigenvalue weighted by Crippen LogP contribution is -2.44. The Morgan fingerprint density at radius 1 is 1.00 bits per heavy atom. The Balaban J connectivity index is 1.58. The molecule has 1 fully saturated rings. The minimum absolute atomic E-state index is 0.00160. The van der Waals surface area contributed by atoms with Crippen molar-refractivity contribution in [3.05, 3.63) is 69.7 Å². The molecule has 0 bridgehead atoms. The lowest BCUT2D eigenvalue weighted by atomic mass is 9.74. The summed E-state index contributed by atoms with van der Waals surface area (Å²) in [6.45, 7) is 5.88. The number of nitrogens with one attached hydrogen (secondary N) is 1. The van der Waals surface area contributed by atoms with E-state index in [1.165, 1.54) is 0 Å². The highest BCUT2D eigenvalue weighted by Gasteiger charge is 2.34. The number of amides is 1. The zero-order valence-electron chi connectivity index (χ0n) is 17.1. The largest absolute Gasteiger partial charge is 0.381 e. The number of ketones is 1. The van der Waals surface area contributed by atoms with E-state index in [0.29, 0.717) is 30.3 Å². The van der Waals surface area contributed by atoms with Crippen LogP contribution in [-0.2, 0) is 14.9 Å². The Labute approximate surface area is 177 Å². The zero-order chi connectivity index (χ0) is 20.9. The number of rotatable bonds is 7. The van der Waals surface area contributed by atoms with Crippen LogP contribution in [0.5, 0.6) is 0 Å². The third kappa shape index (κ3) is 5.46. The maximum Gasteiger partial charge on any atom is 0.220 e. The van der Waals surface area contributed by atoms with Gasteiger partial charge in [0.25, 0.3) is 0 Å². The number of ether oxygens (including phenoxy) is 1. The van der Waals surface area contributed by atoms with E-state index >= 15 is 0 Å². The van der Waals surface area contributed by atoms with Crippen LogP contribution in [0.15, 0.2) is 42.5 Å². The van der Waals surface area contributed by atoms with Crippen LogP contribution in [0.25, 0.3) is 0 Å². The van der Waals surface area contributed by atoms with Gasteiger partial charge in [-0.25, -0.2) is 0 Å². The number of benzene rings is 2. The fraction of sp³-hybridized carbons (Fsp3) is 0.417. The molecule has 2 aromatic rings. The molecule has 3 rings (SSSR count). The number of hydrogen-bond donors (Lipinski definition) is 1. The van der Waals surface area contributed by atoms with Gasteiger partial charge in [0.15, 0.2) is 5.78 Å². The second kappa shape index (κ2) is 9.55. The van der Waals surface area contributed by atoms with Crippen LogP contribution in [-0.4, -0.2) is 31.4 Å². The van der Waals surface area contributed by atoms with Crippen molar-refractivity contribution in [3.8, 4) is 0 Å². The molecule has 5 heteroatoms. The smallest absolute Gasteiger partial charge is 0.220 e. The second-order valence-electron chi connectivity index (χ2n) is 7.90. The predicted octanol–water partition coefficient (Wildman–Crippen LogP) is 4.78. The van der Waals surface area contributed by atoms with Gasteiger partial charge in [-0.2, -0.15) is 0 Å². The molecule has 4 nitrogen and oxygen atoms in total. The summed E-state index contributed by atoms with van der Waals surface area (Å²) in [5.74, 6) is -0.0938. The maximum atomic E-state index is 12.5. The molecule has 154 valence electrons. The zero-order valence-corrected chi connectivity index (χ0v) is 17.8. The fourth-order valence-corrected chi connectivity index (χ4v) is 3.90. The summed E-state index contributed by atoms with van der Waals surface area (Å²) in [6.07, 6.45) is 2.09. The van der Waals surface area contributed by atoms with Gasteiger partial charge in [0, 0.05) is 48.6 Å². The van der Waals surface area contributed by atoms with E-state index in [1.807, 2.05) is 56.3 Å². The van der Waals surface area contributed by atoms with Crippen molar-refractivity contribution < 1.29 is 14.3 Å². The summed E-state index contributed by atoms with van der Waals surface area (Å²) < 4.78 is 5.54. The van der Waals surface area contributed by atoms with Crippen molar-refractivity contribution >= 4 is 23.3 Å². The van der Waals surface area contributed by atoms with Gasteiger partial charge in [-0.3, -0.25) is 9.59 Å². The quantitative estimate of drug-likeness (QED) is 0.664. The van der Waals surface area contributed by atoms with Crippen molar-refractivity contribution in [1.29, 1.82) is 0 Å². The third-order valence-electron chi connectivity index (χ3n) is 5.94. The first-order valence-corrected chi connectivity index (χ1v) is 10.5. The summed E-state index contributed by atoms with van der Waals surface area (Å²) in [4.78, 5) is 24.9. The van der Waals surface area contributed by atoms with Gasteiger partial charge in [0.1, 0.15) is 0 Å². The number of aryl methyl sites for hydroxylation is 2. The molecule has 2 aromatic carbocycles. The lowest BCUT2D eigenvalue weighted by molar-refractivity contribution is -0.121. The van der Waals surface area contributed by atoms with E-state index in [0.717, 1.165) is 29.5 Å². The standard InChI is InChI=1S/C24H28ClNO3/c1-17-3-4-19(15-18(17)2)22(27)9-10-23(28)26-16-24(11-13-29-14-12-24)20-5-7-21(25)8-6-20/h3-8,15H,9-14,16H2,1-2H3,(H,26,28). The Bertz CT molecular complexity index is 870. The molecule has 0 radical (unpaired) electrons. The molecular formula is C24H28ClNO3. The van der Waals surface area contributed by atoms with Crippen molar-refractivity contribution in [2.45, 2.75) is 44.9 Å². The van der Waals surface area contributed by atoms with Crippen LogP contribution in [0.3, 0.4) is 0 Å². The molecule has 0 atom stereocenters. The normalized spacial score (nSPS) is 15.7. The average molecular weight is 414 g/mol. The summed E-state index contributed by atoms with van der Waals surface area (Å²) in [5.41, 5.74) is 3.92. The highest BCUT2D eigenvalue weighted by molar-refractivity contribution is 6.30. The monoisotopic (exact) mass is 413 g/mol. The molecule has 0 aromatic heterocycles. The van der Waals surface area contributed by atoms with E-state index < -0.39 is 0 Å². The van der Waals surface area contributed by atoms with E-state index in [9.17, 15) is 9.59 Å². The second-order valence-corrected chi connectivity index (χ2v) is 8.33. The maximum absolute atomic E-state index is 12.5. The Kier molecular flexibility index (Phi) is 7.09. The van der Waals surface area contributed by atoms with E-state index in [1.54, 1.807) is 0 Å². The van der Waals surface area contributed by atoms with Gasteiger partial charge < -0.3 is 10.1 Å². The summed E-state index contributed by atoms with van der Waals surface area (Å²) >= 11 is 6.04. The summed E-state index contributed by atoms with van der Waals surface area (Å²) in [7, 11) is 0. The van der Waals surface area contributed by atoms with Gasteiger partial charge in [-0.1, -0.05) is 35.9 Å². The van der Waals surface area contributed by atoms with Crippen LogP contribution in [0.1, 0.15) is 52.7 Å². The summed E-state index contributed by atoms with van der Waals surface area (Å²) in [6, 6.07) is 13.5. The van der Waals surface area contributed by atoms with Crippen molar-refractivity contribution in [2.24, 2.45) is 0 Å². The van der Waals surface area contributed by atoms with Crippen LogP contribution in [0.4, 0.5) is 0 Å². The minimum Gasteiger partial charge on any atom is -0.381 e. The molecule has 0 saturated carbocycles. The number of hydrogen-bond acceptors (Lipinski definition) is 3. The first-order valence-electron chi connectivity index (χ1n) is 10.1. The topological polar surface area (TPSA) is 55.4 Å². The minimum atomic E-state index is -0.156. The van der Waals surface area contributed by atoms with Gasteiger partial charge in [-0.15, -0.1) is 0 Å². The van der Waals surface area contributed by atoms with Crippen molar-refractivity contribution in [3.63, 3.8) is 0 Å².